The second-order valence-corrected chi connectivity index (χ2v) is 36.2. The Labute approximate surface area is 770 Å². The lowest BCUT2D eigenvalue weighted by atomic mass is 9.98. The van der Waals surface area contributed by atoms with Crippen molar-refractivity contribution in [2.75, 3.05) is 64.0 Å². The molecule has 0 radical (unpaired) electrons. The summed E-state index contributed by atoms with van der Waals surface area (Å²) in [6.45, 7) is 6.96. The second kappa shape index (κ2) is 48.2. The summed E-state index contributed by atoms with van der Waals surface area (Å²) in [6.07, 6.45) is 1.83. The van der Waals surface area contributed by atoms with Gasteiger partial charge in [-0.1, -0.05) is 181 Å². The predicted octanol–water partition coefficient (Wildman–Crippen LogP) is 2.82. The first kappa shape index (κ1) is 100. The minimum absolute atomic E-state index is 0.0108. The van der Waals surface area contributed by atoms with E-state index < -0.39 is 192 Å². The van der Waals surface area contributed by atoms with E-state index in [-0.39, 0.29) is 106 Å². The summed E-state index contributed by atoms with van der Waals surface area (Å²) >= 11 is 2.07. The molecule has 0 aliphatic carbocycles. The van der Waals surface area contributed by atoms with Gasteiger partial charge in [0.2, 0.25) is 88.6 Å². The van der Waals surface area contributed by atoms with Crippen molar-refractivity contribution in [3.05, 3.63) is 203 Å². The number of carbonyl (C=O) groups excluding carboxylic acids is 15. The molecule has 36 heteroatoms. The van der Waals surface area contributed by atoms with E-state index in [9.17, 15) is 39.3 Å². The summed E-state index contributed by atoms with van der Waals surface area (Å²) < 4.78 is 0. The van der Waals surface area contributed by atoms with Gasteiger partial charge < -0.3 is 98.4 Å². The molecule has 15 amide bonds. The second-order valence-electron chi connectivity index (χ2n) is 34.2. The molecule has 0 unspecified atom stereocenters. The van der Waals surface area contributed by atoms with Crippen LogP contribution in [0.3, 0.4) is 0 Å². The monoisotopic (exact) mass is 1840 g/mol. The quantitative estimate of drug-likeness (QED) is 0.0464. The van der Waals surface area contributed by atoms with Gasteiger partial charge in [-0.25, -0.2) is 0 Å². The number of unbranched alkanes of at least 4 members (excludes halogenated alkanes) is 1. The third-order valence-corrected chi connectivity index (χ3v) is 25.7. The molecule has 0 saturated carbocycles. The Bertz CT molecular complexity index is 5150. The van der Waals surface area contributed by atoms with Crippen molar-refractivity contribution >= 4 is 123 Å². The van der Waals surface area contributed by atoms with Crippen molar-refractivity contribution in [3.8, 4) is 11.5 Å². The summed E-state index contributed by atoms with van der Waals surface area (Å²) in [7, 11) is 4.18. The molecule has 131 heavy (non-hydrogen) atoms. The summed E-state index contributed by atoms with van der Waals surface area (Å²) in [5.74, 6) is -14.7. The number of amides is 15. The molecule has 3 fully saturated rings. The van der Waals surface area contributed by atoms with Crippen LogP contribution < -0.4 is 53.6 Å². The van der Waals surface area contributed by atoms with Gasteiger partial charge in [0, 0.05) is 94.8 Å². The Morgan fingerprint density at radius 1 is 0.473 bits per heavy atom. The lowest BCUT2D eigenvalue weighted by Gasteiger charge is -2.37. The Hall–Kier alpha value is -12.8. The molecule has 3 aliphatic rings. The van der Waals surface area contributed by atoms with Gasteiger partial charge in [-0.3, -0.25) is 71.9 Å². The van der Waals surface area contributed by atoms with E-state index in [2.05, 4.69) is 52.8 Å². The first-order valence-corrected chi connectivity index (χ1v) is 46.4. The summed E-state index contributed by atoms with van der Waals surface area (Å²) in [4.78, 5) is 235. The number of hydrogen-bond donors (Lipinski definition) is 14. The van der Waals surface area contributed by atoms with E-state index in [0.717, 1.165) is 16.7 Å². The number of aromatic hydroxyl groups is 2. The number of nitrogens with one attached hydrogen (secondary N) is 10. The fourth-order valence-corrected chi connectivity index (χ4v) is 18.3. The molecule has 13 atom stereocenters. The average Bonchev–Trinajstić information content (AvgIpc) is 1.79. The molecule has 4 heterocycles. The van der Waals surface area contributed by atoms with Gasteiger partial charge in [0.05, 0.1) is 24.8 Å². The van der Waals surface area contributed by atoms with E-state index in [4.69, 9.17) is 5.73 Å². The number of H-pyrrole nitrogens is 1. The molecule has 10 rings (SSSR count). The fourth-order valence-electron chi connectivity index (χ4n) is 16.3. The number of aromatic amines is 1. The maximum absolute atomic E-state index is 15.8. The van der Waals surface area contributed by atoms with Crippen LogP contribution in [-0.4, -0.2) is 276 Å². The lowest BCUT2D eigenvalue weighted by molar-refractivity contribution is -0.152. The number of fused-ring (bicyclic) bond motifs is 3. The lowest BCUT2D eigenvalue weighted by Crippen LogP contribution is -2.62. The number of para-hydroxylation sites is 1. The van der Waals surface area contributed by atoms with E-state index in [1.54, 1.807) is 149 Å². The van der Waals surface area contributed by atoms with E-state index in [1.165, 1.54) is 101 Å². The molecule has 3 saturated heterocycles. The van der Waals surface area contributed by atoms with Crippen molar-refractivity contribution in [3.63, 3.8) is 0 Å². The van der Waals surface area contributed by atoms with Crippen LogP contribution in [0.1, 0.15) is 107 Å². The number of aliphatic hydroxyl groups is 1. The molecule has 700 valence electrons. The Morgan fingerprint density at radius 3 is 1.54 bits per heavy atom. The predicted molar refractivity (Wildman–Crippen MR) is 494 cm³/mol. The third kappa shape index (κ3) is 27.9. The molecular weight excluding hydrogens is 1720 g/mol. The number of carbonyl (C=O) groups is 15. The highest BCUT2D eigenvalue weighted by molar-refractivity contribution is 8.00. The number of phenols is 2. The molecule has 6 aromatic carbocycles. The topological polar surface area (TPSA) is 483 Å². The molecule has 1 aromatic heterocycles. The number of rotatable bonds is 22. The zero-order valence-electron chi connectivity index (χ0n) is 74.9. The number of hydrogen-bond acceptors (Lipinski definition) is 20. The summed E-state index contributed by atoms with van der Waals surface area (Å²) in [5.41, 5.74) is 9.36. The van der Waals surface area contributed by atoms with Crippen molar-refractivity contribution in [1.82, 2.24) is 77.3 Å². The SMILES string of the molecule is CCCC[C@H]1C(=O)N2CSC[C@@H]2C(=O)N[C@@H](CO)C(=O)N[C@@H](C(C)C)C(=O)N(C)[C@@H](Cc2ccccc2)C(=O)N[C@@H](Cc2ccc(O)cc2)C(=O)N2CCC[C@@H]2C(=O)N[C@@H](Cc2c[nH]c3ccccc23)C(=O)N[C@@H](Cc2ccc(O)cc2)C(=O)N[C@@H](CC(C)C)C(=O)N[C@H](C(=O)NCC(N)=O)CSCC(=O)N[C@@H](Cc2ccccc2)C(=O)N(C)[C@@H](Cc2ccccc2)C(=O)N1C. The number of phenolic OH excluding ortho intramolecular Hbond substituents is 2. The van der Waals surface area contributed by atoms with E-state index in [1.807, 2.05) is 6.92 Å². The molecule has 34 nitrogen and oxygen atoms in total. The Kier molecular flexibility index (Phi) is 36.9. The van der Waals surface area contributed by atoms with Crippen molar-refractivity contribution in [1.29, 1.82) is 0 Å². The number of aromatic nitrogens is 1. The van der Waals surface area contributed by atoms with E-state index >= 15 is 47.9 Å². The van der Waals surface area contributed by atoms with Gasteiger partial charge in [0.1, 0.15) is 90.0 Å². The van der Waals surface area contributed by atoms with E-state index in [0.29, 0.717) is 57.1 Å². The van der Waals surface area contributed by atoms with Crippen LogP contribution in [0, 0.1) is 11.8 Å². The highest BCUT2D eigenvalue weighted by Gasteiger charge is 2.46. The summed E-state index contributed by atoms with van der Waals surface area (Å²) in [5, 5.41) is 57.3. The molecule has 15 N–H and O–H groups in total. The number of benzene rings is 6. The van der Waals surface area contributed by atoms with Crippen LogP contribution >= 0.6 is 23.5 Å². The number of nitrogens with zero attached hydrogens (tertiary/aromatic N) is 5. The highest BCUT2D eigenvalue weighted by atomic mass is 32.2. The number of aliphatic hydroxyl groups excluding tert-OH is 1. The van der Waals surface area contributed by atoms with Crippen molar-refractivity contribution in [2.24, 2.45) is 17.6 Å². The first-order chi connectivity index (χ1) is 62.7. The van der Waals surface area contributed by atoms with Crippen molar-refractivity contribution in [2.45, 2.75) is 190 Å². The molecule has 3 aliphatic heterocycles. The standard InChI is InChI=1S/C95H120N16O18S2/c1-9-10-31-76-94(128)111-55-131-53-79(111)90(124)104-73(51-112)87(121)106-82(57(4)5)95(129)108(7)77(46-59-25-16-12-17-26-59)89(123)103-72(45-62-35-39-65(114)40-36-62)92(126)110-41-22-32-75(110)88(122)102-70(48-63-49-97-67-30-21-20-29-66(63)67)86(120)101-69(43-61-33-37-64(113)38-34-61)85(119)100-68(42-56(2)3)84(118)105-74(83(117)98-50-80(96)115)52-130-54-81(116)99-71(44-58-23-14-11-15-24-58)91(125)109(8)78(93(127)107(76)6)47-60-27-18-13-19-28-60/h11-21,23-30,33-40,49,56-57,68-79,82,97,112-114H,9-10,22,31-32,41-48,50-55H2,1-8H3,(H2,96,115)(H,98,117)(H,99,116)(H,100,119)(H,101,120)(H,102,122)(H,103,123)(H,104,124)(H,105,118)(H,106,121)/t68-,69-,70-,71-,72-,73-,74-,75+,76-,77-,78-,79+,82-/m0/s1. The van der Waals surface area contributed by atoms with Gasteiger partial charge in [-0.05, 0) is 101 Å². The van der Waals surface area contributed by atoms with Gasteiger partial charge in [-0.2, -0.15) is 0 Å². The molecule has 0 spiro atoms. The third-order valence-electron chi connectivity index (χ3n) is 23.6. The Balaban J connectivity index is 1.04. The van der Waals surface area contributed by atoms with Crippen LogP contribution in [-0.2, 0) is 110 Å². The smallest absolute Gasteiger partial charge is 0.246 e. The number of likely N-dealkylation sites (N-methyl/N-ethyl adjacent to an activating group) is 3. The maximum atomic E-state index is 15.8. The zero-order valence-corrected chi connectivity index (χ0v) is 76.5. The summed E-state index contributed by atoms with van der Waals surface area (Å²) in [6, 6.07) is 26.0. The average molecular weight is 1840 g/mol. The van der Waals surface area contributed by atoms with Gasteiger partial charge in [0.15, 0.2) is 0 Å². The number of thioether (sulfide) groups is 2. The molecule has 0 bridgehead atoms. The zero-order chi connectivity index (χ0) is 94.7. The van der Waals surface area contributed by atoms with Gasteiger partial charge in [-0.15, -0.1) is 23.5 Å². The largest absolute Gasteiger partial charge is 0.508 e. The molecular formula is C95H120N16O18S2. The van der Waals surface area contributed by atoms with Crippen LogP contribution in [0.15, 0.2) is 170 Å². The fraction of sp³-hybridized carbons (Fsp3) is 0.442. The van der Waals surface area contributed by atoms with Crippen molar-refractivity contribution < 1.29 is 87.2 Å². The molecule has 7 aromatic rings. The highest BCUT2D eigenvalue weighted by Crippen LogP contribution is 2.29. The number of primary amides is 1. The van der Waals surface area contributed by atoms with Crippen LogP contribution in [0.2, 0.25) is 0 Å². The normalized spacial score (nSPS) is 23.8. The minimum atomic E-state index is -1.74. The van der Waals surface area contributed by atoms with Gasteiger partial charge >= 0.3 is 0 Å². The first-order valence-electron chi connectivity index (χ1n) is 44.1. The van der Waals surface area contributed by atoms with Crippen LogP contribution in [0.25, 0.3) is 10.9 Å². The maximum Gasteiger partial charge on any atom is 0.246 e. The Morgan fingerprint density at radius 2 is 0.962 bits per heavy atom. The number of nitrogens with two attached hydrogens (primary N) is 1. The van der Waals surface area contributed by atoms with Gasteiger partial charge in [0.25, 0.3) is 0 Å². The van der Waals surface area contributed by atoms with Crippen LogP contribution in [0.4, 0.5) is 0 Å². The minimum Gasteiger partial charge on any atom is -0.508 e. The van der Waals surface area contributed by atoms with Crippen LogP contribution in [0.5, 0.6) is 11.5 Å².